The predicted molar refractivity (Wildman–Crippen MR) is 107 cm³/mol. The number of aromatic nitrogens is 1. The molecule has 1 saturated carbocycles. The molecular weight excluding hydrogens is 380 g/mol. The van der Waals surface area contributed by atoms with E-state index in [-0.39, 0.29) is 23.3 Å². The zero-order chi connectivity index (χ0) is 19.9. The first kappa shape index (κ1) is 20.4. The summed E-state index contributed by atoms with van der Waals surface area (Å²) < 4.78 is 0. The average Bonchev–Trinajstić information content (AvgIpc) is 3.38. The minimum atomic E-state index is -0.695. The van der Waals surface area contributed by atoms with Crippen LogP contribution in [0.3, 0.4) is 0 Å². The number of amides is 1. The van der Waals surface area contributed by atoms with E-state index >= 15 is 0 Å². The lowest BCUT2D eigenvalue weighted by Gasteiger charge is -2.21. The van der Waals surface area contributed by atoms with Crippen LogP contribution in [0.4, 0.5) is 0 Å². The molecule has 1 saturated heterocycles. The van der Waals surface area contributed by atoms with Crippen LogP contribution < -0.4 is 5.73 Å². The van der Waals surface area contributed by atoms with Gasteiger partial charge in [-0.05, 0) is 37.8 Å². The summed E-state index contributed by atoms with van der Waals surface area (Å²) in [4.78, 5) is 46.2. The number of hydrogen-bond acceptors (Lipinski definition) is 6. The Kier molecular flexibility index (Phi) is 7.13. The van der Waals surface area contributed by atoms with Crippen molar-refractivity contribution < 1.29 is 19.2 Å². The van der Waals surface area contributed by atoms with Crippen molar-refractivity contribution in [2.24, 2.45) is 10.9 Å². The fourth-order valence-electron chi connectivity index (χ4n) is 3.63. The molecule has 1 unspecified atom stereocenters. The molecule has 1 aliphatic carbocycles. The van der Waals surface area contributed by atoms with Gasteiger partial charge in [-0.3, -0.25) is 9.59 Å². The number of hydrogen-bond donors (Lipinski definition) is 2. The van der Waals surface area contributed by atoms with Crippen LogP contribution in [0.2, 0.25) is 0 Å². The number of carbonyl (C=O) groups excluding carboxylic acids is 3. The van der Waals surface area contributed by atoms with Crippen molar-refractivity contribution in [3.63, 3.8) is 0 Å². The molecule has 1 aliphatic heterocycles. The second-order valence-electron chi connectivity index (χ2n) is 7.16. The van der Waals surface area contributed by atoms with E-state index in [9.17, 15) is 14.4 Å². The SMILES string of the molecule is N/C(CC(=O)SC1CCCCC1)=N\OC(=O)C1CCCN1C(=O)c1ccc[nH]1. The molecule has 0 bridgehead atoms. The van der Waals surface area contributed by atoms with Crippen LogP contribution in [0.25, 0.3) is 0 Å². The van der Waals surface area contributed by atoms with Crippen molar-refractivity contribution in [2.45, 2.75) is 62.7 Å². The number of thioether (sulfide) groups is 1. The number of rotatable bonds is 6. The molecule has 1 atom stereocenters. The van der Waals surface area contributed by atoms with Crippen LogP contribution in [0.1, 0.15) is 61.9 Å². The predicted octanol–water partition coefficient (Wildman–Crippen LogP) is 2.42. The molecule has 2 aliphatic rings. The molecule has 152 valence electrons. The molecule has 0 spiro atoms. The van der Waals surface area contributed by atoms with E-state index in [4.69, 9.17) is 10.6 Å². The van der Waals surface area contributed by atoms with Gasteiger partial charge >= 0.3 is 5.97 Å². The van der Waals surface area contributed by atoms with E-state index < -0.39 is 12.0 Å². The molecule has 0 radical (unpaired) electrons. The molecule has 28 heavy (non-hydrogen) atoms. The summed E-state index contributed by atoms with van der Waals surface area (Å²) >= 11 is 1.31. The number of nitrogens with zero attached hydrogens (tertiary/aromatic N) is 2. The van der Waals surface area contributed by atoms with Crippen LogP contribution in [0.5, 0.6) is 0 Å². The molecule has 2 fully saturated rings. The van der Waals surface area contributed by atoms with Gasteiger partial charge in [0.2, 0.25) is 0 Å². The lowest BCUT2D eigenvalue weighted by molar-refractivity contribution is -0.148. The van der Waals surface area contributed by atoms with Gasteiger partial charge in [0, 0.05) is 18.0 Å². The third kappa shape index (κ3) is 5.37. The number of carbonyl (C=O) groups is 3. The number of oxime groups is 1. The Morgan fingerprint density at radius 3 is 2.71 bits per heavy atom. The Hall–Kier alpha value is -2.29. The number of aromatic amines is 1. The van der Waals surface area contributed by atoms with Crippen LogP contribution in [0.15, 0.2) is 23.5 Å². The van der Waals surface area contributed by atoms with Crippen LogP contribution in [-0.4, -0.2) is 50.5 Å². The minimum Gasteiger partial charge on any atom is -0.384 e. The highest BCUT2D eigenvalue weighted by Gasteiger charge is 2.36. The summed E-state index contributed by atoms with van der Waals surface area (Å²) in [6.07, 6.45) is 8.47. The number of likely N-dealkylation sites (tertiary alicyclic amines) is 1. The van der Waals surface area contributed by atoms with E-state index in [0.29, 0.717) is 30.3 Å². The third-order valence-corrected chi connectivity index (χ3v) is 6.25. The quantitative estimate of drug-likeness (QED) is 0.324. The zero-order valence-corrected chi connectivity index (χ0v) is 16.6. The van der Waals surface area contributed by atoms with Gasteiger partial charge in [-0.15, -0.1) is 0 Å². The highest BCUT2D eigenvalue weighted by atomic mass is 32.2. The van der Waals surface area contributed by atoms with Gasteiger partial charge in [-0.2, -0.15) is 0 Å². The minimum absolute atomic E-state index is 0.0260. The second-order valence-corrected chi connectivity index (χ2v) is 8.52. The smallest absolute Gasteiger partial charge is 0.357 e. The van der Waals surface area contributed by atoms with Gasteiger partial charge < -0.3 is 20.5 Å². The highest BCUT2D eigenvalue weighted by molar-refractivity contribution is 8.14. The number of H-pyrrole nitrogens is 1. The highest BCUT2D eigenvalue weighted by Crippen LogP contribution is 2.29. The molecule has 1 aromatic heterocycles. The van der Waals surface area contributed by atoms with Gasteiger partial charge in [0.1, 0.15) is 17.6 Å². The van der Waals surface area contributed by atoms with Gasteiger partial charge in [-0.1, -0.05) is 36.2 Å². The van der Waals surface area contributed by atoms with Gasteiger partial charge in [0.25, 0.3) is 5.91 Å². The Morgan fingerprint density at radius 1 is 1.21 bits per heavy atom. The Bertz CT molecular complexity index is 728. The zero-order valence-electron chi connectivity index (χ0n) is 15.8. The van der Waals surface area contributed by atoms with Crippen molar-refractivity contribution in [2.75, 3.05) is 6.54 Å². The largest absolute Gasteiger partial charge is 0.384 e. The van der Waals surface area contributed by atoms with Gasteiger partial charge in [0.15, 0.2) is 5.12 Å². The summed E-state index contributed by atoms with van der Waals surface area (Å²) in [5.74, 6) is -0.907. The molecule has 3 N–H and O–H groups in total. The van der Waals surface area contributed by atoms with E-state index in [0.717, 1.165) is 25.7 Å². The Balaban J connectivity index is 1.49. The first-order chi connectivity index (χ1) is 13.5. The second kappa shape index (κ2) is 9.77. The molecule has 1 amide bonds. The number of nitrogens with two attached hydrogens (primary N) is 1. The summed E-state index contributed by atoms with van der Waals surface area (Å²) in [6.45, 7) is 0.479. The number of amidine groups is 1. The normalized spacial score (nSPS) is 20.9. The van der Waals surface area contributed by atoms with Crippen LogP contribution in [0, 0.1) is 0 Å². The Labute approximate surface area is 168 Å². The van der Waals surface area contributed by atoms with Crippen LogP contribution >= 0.6 is 11.8 Å². The maximum absolute atomic E-state index is 12.5. The lowest BCUT2D eigenvalue weighted by Crippen LogP contribution is -2.41. The molecule has 8 nitrogen and oxygen atoms in total. The van der Waals surface area contributed by atoms with E-state index in [1.54, 1.807) is 18.3 Å². The molecule has 0 aromatic carbocycles. The summed E-state index contributed by atoms with van der Waals surface area (Å²) in [5.41, 5.74) is 6.18. The third-order valence-electron chi connectivity index (χ3n) is 5.04. The molecule has 3 rings (SSSR count). The van der Waals surface area contributed by atoms with Crippen molar-refractivity contribution >= 4 is 34.6 Å². The maximum atomic E-state index is 12.5. The fourth-order valence-corrected chi connectivity index (χ4v) is 4.80. The van der Waals surface area contributed by atoms with E-state index in [2.05, 4.69) is 10.1 Å². The van der Waals surface area contributed by atoms with Crippen LogP contribution in [-0.2, 0) is 14.4 Å². The van der Waals surface area contributed by atoms with Crippen molar-refractivity contribution in [3.8, 4) is 0 Å². The molecule has 1 aromatic rings. The monoisotopic (exact) mass is 406 g/mol. The van der Waals surface area contributed by atoms with Crippen molar-refractivity contribution in [1.29, 1.82) is 0 Å². The molecular formula is C19H26N4O4S. The lowest BCUT2D eigenvalue weighted by atomic mass is 10.0. The number of nitrogens with one attached hydrogen (secondary N) is 1. The summed E-state index contributed by atoms with van der Waals surface area (Å²) in [7, 11) is 0. The average molecular weight is 407 g/mol. The maximum Gasteiger partial charge on any atom is 0.357 e. The van der Waals surface area contributed by atoms with Gasteiger partial charge in [-0.25, -0.2) is 4.79 Å². The first-order valence-electron chi connectivity index (χ1n) is 9.71. The van der Waals surface area contributed by atoms with E-state index in [1.807, 2.05) is 0 Å². The summed E-state index contributed by atoms with van der Waals surface area (Å²) in [6, 6.07) is 2.69. The Morgan fingerprint density at radius 2 is 2.00 bits per heavy atom. The van der Waals surface area contributed by atoms with E-state index in [1.165, 1.54) is 23.1 Å². The molecule has 2 heterocycles. The standard InChI is InChI=1S/C19H26N4O4S/c20-16(12-17(24)28-13-6-2-1-3-7-13)22-27-19(26)15-9-5-11-23(15)18(25)14-8-4-10-21-14/h4,8,10,13,15,21H,1-3,5-7,9,11-12H2,(H2,20,22). The van der Waals surface area contributed by atoms with Crippen molar-refractivity contribution in [1.82, 2.24) is 9.88 Å². The topological polar surface area (TPSA) is 118 Å². The van der Waals surface area contributed by atoms with Gasteiger partial charge in [0.05, 0.1) is 6.42 Å². The van der Waals surface area contributed by atoms with Crippen molar-refractivity contribution in [3.05, 3.63) is 24.0 Å². The fraction of sp³-hybridized carbons (Fsp3) is 0.579. The summed E-state index contributed by atoms with van der Waals surface area (Å²) in [5, 5.41) is 3.91. The first-order valence-corrected chi connectivity index (χ1v) is 10.6. The molecule has 9 heteroatoms.